The van der Waals surface area contributed by atoms with E-state index in [1.807, 2.05) is 18.2 Å². The summed E-state index contributed by atoms with van der Waals surface area (Å²) in [5, 5.41) is 13.1. The third-order valence-electron chi connectivity index (χ3n) is 5.02. The van der Waals surface area contributed by atoms with Gasteiger partial charge in [-0.15, -0.1) is 0 Å². The van der Waals surface area contributed by atoms with Crippen LogP contribution in [0.1, 0.15) is 31.2 Å². The van der Waals surface area contributed by atoms with Gasteiger partial charge in [0.1, 0.15) is 0 Å². The van der Waals surface area contributed by atoms with E-state index in [1.54, 1.807) is 0 Å². The van der Waals surface area contributed by atoms with Crippen molar-refractivity contribution in [2.45, 2.75) is 37.1 Å². The molecule has 3 heteroatoms. The zero-order chi connectivity index (χ0) is 13.8. The molecular formula is C17H23N3. The van der Waals surface area contributed by atoms with Crippen molar-refractivity contribution >= 4 is 0 Å². The average Bonchev–Trinajstić information content (AvgIpc) is 2.56. The minimum atomic E-state index is -0.259. The first-order valence-corrected chi connectivity index (χ1v) is 7.76. The molecule has 0 radical (unpaired) electrons. The van der Waals surface area contributed by atoms with Crippen molar-refractivity contribution in [2.75, 3.05) is 26.2 Å². The number of nitrogens with zero attached hydrogens (tertiary/aromatic N) is 2. The van der Waals surface area contributed by atoms with Crippen molar-refractivity contribution in [3.63, 3.8) is 0 Å². The van der Waals surface area contributed by atoms with Crippen LogP contribution in [0.3, 0.4) is 0 Å². The third kappa shape index (κ3) is 2.59. The molecule has 1 aromatic carbocycles. The number of nitriles is 1. The third-order valence-corrected chi connectivity index (χ3v) is 5.02. The standard InChI is InChI=1S/C17H23N3/c18-14-17(15-4-2-1-3-5-15)8-12-20(13-9-17)16-6-10-19-11-7-16/h1-5,16,19H,6-13H2. The average molecular weight is 269 g/mol. The summed E-state index contributed by atoms with van der Waals surface area (Å²) in [5.74, 6) is 0. The lowest BCUT2D eigenvalue weighted by atomic mass is 9.73. The van der Waals surface area contributed by atoms with Crippen molar-refractivity contribution in [1.29, 1.82) is 5.26 Å². The molecule has 0 atom stereocenters. The van der Waals surface area contributed by atoms with E-state index in [9.17, 15) is 5.26 Å². The zero-order valence-corrected chi connectivity index (χ0v) is 12.0. The lowest BCUT2D eigenvalue weighted by Gasteiger charge is -2.42. The Labute approximate surface area is 121 Å². The molecule has 1 aromatic rings. The second-order valence-electron chi connectivity index (χ2n) is 6.08. The maximum Gasteiger partial charge on any atom is 0.0846 e. The summed E-state index contributed by atoms with van der Waals surface area (Å²) in [6.45, 7) is 4.41. The van der Waals surface area contributed by atoms with Crippen molar-refractivity contribution in [1.82, 2.24) is 10.2 Å². The van der Waals surface area contributed by atoms with Crippen LogP contribution in [0.15, 0.2) is 30.3 Å². The molecule has 20 heavy (non-hydrogen) atoms. The van der Waals surface area contributed by atoms with Gasteiger partial charge in [0, 0.05) is 19.1 Å². The Kier molecular flexibility index (Phi) is 4.05. The summed E-state index contributed by atoms with van der Waals surface area (Å²) < 4.78 is 0. The highest BCUT2D eigenvalue weighted by atomic mass is 15.2. The molecule has 0 unspecified atom stereocenters. The van der Waals surface area contributed by atoms with Crippen molar-refractivity contribution < 1.29 is 0 Å². The smallest absolute Gasteiger partial charge is 0.0846 e. The second-order valence-corrected chi connectivity index (χ2v) is 6.08. The van der Waals surface area contributed by atoms with Gasteiger partial charge in [-0.25, -0.2) is 0 Å². The quantitative estimate of drug-likeness (QED) is 0.895. The summed E-state index contributed by atoms with van der Waals surface area (Å²) in [5.41, 5.74) is 0.942. The highest BCUT2D eigenvalue weighted by molar-refractivity contribution is 5.33. The number of nitrogens with one attached hydrogen (secondary N) is 1. The van der Waals surface area contributed by atoms with Gasteiger partial charge >= 0.3 is 0 Å². The molecule has 106 valence electrons. The SMILES string of the molecule is N#CC1(c2ccccc2)CCN(C2CCNCC2)CC1. The van der Waals surface area contributed by atoms with Crippen LogP contribution in [0, 0.1) is 11.3 Å². The second kappa shape index (κ2) is 5.95. The zero-order valence-electron chi connectivity index (χ0n) is 12.0. The van der Waals surface area contributed by atoms with Crippen LogP contribution in [0.25, 0.3) is 0 Å². The number of rotatable bonds is 2. The normalized spacial score (nSPS) is 24.1. The number of benzene rings is 1. The minimum Gasteiger partial charge on any atom is -0.317 e. The van der Waals surface area contributed by atoms with E-state index in [2.05, 4.69) is 28.4 Å². The highest BCUT2D eigenvalue weighted by Crippen LogP contribution is 2.36. The molecule has 2 aliphatic rings. The van der Waals surface area contributed by atoms with E-state index in [1.165, 1.54) is 18.4 Å². The molecule has 3 rings (SSSR count). The van der Waals surface area contributed by atoms with Crippen LogP contribution in [0.4, 0.5) is 0 Å². The molecule has 1 N–H and O–H groups in total. The predicted molar refractivity (Wildman–Crippen MR) is 80.4 cm³/mol. The van der Waals surface area contributed by atoms with Crippen molar-refractivity contribution in [3.8, 4) is 6.07 Å². The Hall–Kier alpha value is -1.37. The first kappa shape index (κ1) is 13.6. The number of piperidine rings is 2. The summed E-state index contributed by atoms with van der Waals surface area (Å²) >= 11 is 0. The lowest BCUT2D eigenvalue weighted by molar-refractivity contribution is 0.112. The van der Waals surface area contributed by atoms with Gasteiger partial charge < -0.3 is 10.2 Å². The van der Waals surface area contributed by atoms with E-state index < -0.39 is 0 Å². The monoisotopic (exact) mass is 269 g/mol. The minimum absolute atomic E-state index is 0.259. The molecule has 2 aliphatic heterocycles. The Balaban J connectivity index is 1.68. The van der Waals surface area contributed by atoms with E-state index in [4.69, 9.17) is 0 Å². The Morgan fingerprint density at radius 3 is 2.35 bits per heavy atom. The molecule has 2 heterocycles. The topological polar surface area (TPSA) is 39.1 Å². The van der Waals surface area contributed by atoms with E-state index in [0.717, 1.165) is 45.1 Å². The van der Waals surface area contributed by atoms with Gasteiger partial charge in [0.2, 0.25) is 0 Å². The molecule has 0 aliphatic carbocycles. The van der Waals surface area contributed by atoms with Gasteiger partial charge in [-0.1, -0.05) is 30.3 Å². The Morgan fingerprint density at radius 2 is 1.75 bits per heavy atom. The maximum atomic E-state index is 9.71. The molecule has 2 saturated heterocycles. The molecular weight excluding hydrogens is 246 g/mol. The van der Waals surface area contributed by atoms with Crippen LogP contribution in [-0.4, -0.2) is 37.1 Å². The molecule has 2 fully saturated rings. The van der Waals surface area contributed by atoms with Gasteiger partial charge in [-0.05, 0) is 44.3 Å². The van der Waals surface area contributed by atoms with Crippen molar-refractivity contribution in [3.05, 3.63) is 35.9 Å². The van der Waals surface area contributed by atoms with Crippen LogP contribution >= 0.6 is 0 Å². The molecule has 0 aromatic heterocycles. The summed E-state index contributed by atoms with van der Waals surface area (Å²) in [7, 11) is 0. The van der Waals surface area contributed by atoms with Crippen LogP contribution in [-0.2, 0) is 5.41 Å². The van der Waals surface area contributed by atoms with Crippen molar-refractivity contribution in [2.24, 2.45) is 0 Å². The summed E-state index contributed by atoms with van der Waals surface area (Å²) in [6.07, 6.45) is 4.45. The van der Waals surface area contributed by atoms with E-state index in [0.29, 0.717) is 0 Å². The van der Waals surface area contributed by atoms with E-state index >= 15 is 0 Å². The van der Waals surface area contributed by atoms with Crippen LogP contribution in [0.2, 0.25) is 0 Å². The predicted octanol–water partition coefficient (Wildman–Crippen LogP) is 2.30. The van der Waals surface area contributed by atoms with Gasteiger partial charge in [0.05, 0.1) is 11.5 Å². The number of hydrogen-bond donors (Lipinski definition) is 1. The number of hydrogen-bond acceptors (Lipinski definition) is 3. The maximum absolute atomic E-state index is 9.71. The first-order valence-electron chi connectivity index (χ1n) is 7.76. The molecule has 0 spiro atoms. The number of likely N-dealkylation sites (tertiary alicyclic amines) is 1. The lowest BCUT2D eigenvalue weighted by Crippen LogP contribution is -2.49. The largest absolute Gasteiger partial charge is 0.317 e. The van der Waals surface area contributed by atoms with Gasteiger partial charge in [0.25, 0.3) is 0 Å². The fourth-order valence-corrected chi connectivity index (χ4v) is 3.66. The van der Waals surface area contributed by atoms with Gasteiger partial charge in [-0.2, -0.15) is 5.26 Å². The first-order chi connectivity index (χ1) is 9.84. The Bertz CT molecular complexity index is 463. The van der Waals surface area contributed by atoms with Crippen LogP contribution in [0.5, 0.6) is 0 Å². The fraction of sp³-hybridized carbons (Fsp3) is 0.588. The fourth-order valence-electron chi connectivity index (χ4n) is 3.66. The highest BCUT2D eigenvalue weighted by Gasteiger charge is 2.38. The van der Waals surface area contributed by atoms with Crippen LogP contribution < -0.4 is 5.32 Å². The summed E-state index contributed by atoms with van der Waals surface area (Å²) in [4.78, 5) is 2.61. The molecule has 3 nitrogen and oxygen atoms in total. The van der Waals surface area contributed by atoms with Gasteiger partial charge in [0.15, 0.2) is 0 Å². The molecule has 0 amide bonds. The Morgan fingerprint density at radius 1 is 1.10 bits per heavy atom. The van der Waals surface area contributed by atoms with Gasteiger partial charge in [-0.3, -0.25) is 0 Å². The molecule has 0 saturated carbocycles. The summed E-state index contributed by atoms with van der Waals surface area (Å²) in [6, 6.07) is 13.7. The molecule has 0 bridgehead atoms. The van der Waals surface area contributed by atoms with E-state index in [-0.39, 0.29) is 5.41 Å².